The summed E-state index contributed by atoms with van der Waals surface area (Å²) in [6.45, 7) is -1.46. The molecular weight excluding hydrogens is 283 g/mol. The molecule has 112 valence electrons. The SMILES string of the molecule is OB(O)c1cc(F)cc(OCCCOCC(F)(F)F)c1. The lowest BCUT2D eigenvalue weighted by molar-refractivity contribution is -0.174. The highest BCUT2D eigenvalue weighted by atomic mass is 19.4. The minimum atomic E-state index is -4.37. The first kappa shape index (κ1) is 16.7. The molecule has 0 aliphatic rings. The van der Waals surface area contributed by atoms with Gasteiger partial charge in [-0.25, -0.2) is 4.39 Å². The fourth-order valence-electron chi connectivity index (χ4n) is 1.36. The second kappa shape index (κ2) is 7.46. The van der Waals surface area contributed by atoms with Gasteiger partial charge in [0.15, 0.2) is 0 Å². The third-order valence-corrected chi connectivity index (χ3v) is 2.16. The molecule has 0 bridgehead atoms. The van der Waals surface area contributed by atoms with Gasteiger partial charge in [-0.15, -0.1) is 0 Å². The van der Waals surface area contributed by atoms with Crippen molar-refractivity contribution in [3.63, 3.8) is 0 Å². The van der Waals surface area contributed by atoms with Crippen molar-refractivity contribution in [2.75, 3.05) is 19.8 Å². The molecule has 0 aliphatic carbocycles. The summed E-state index contributed by atoms with van der Waals surface area (Å²) in [4.78, 5) is 0. The third kappa shape index (κ3) is 6.74. The lowest BCUT2D eigenvalue weighted by atomic mass is 9.80. The maximum atomic E-state index is 13.1. The van der Waals surface area contributed by atoms with E-state index < -0.39 is 25.7 Å². The summed E-state index contributed by atoms with van der Waals surface area (Å²) in [5, 5.41) is 17.8. The van der Waals surface area contributed by atoms with Gasteiger partial charge in [0.2, 0.25) is 0 Å². The molecule has 1 aromatic rings. The first-order valence-electron chi connectivity index (χ1n) is 5.72. The van der Waals surface area contributed by atoms with Gasteiger partial charge < -0.3 is 19.5 Å². The number of benzene rings is 1. The van der Waals surface area contributed by atoms with Crippen molar-refractivity contribution in [1.29, 1.82) is 0 Å². The molecule has 0 amide bonds. The van der Waals surface area contributed by atoms with Gasteiger partial charge in [-0.1, -0.05) is 0 Å². The second-order valence-corrected chi connectivity index (χ2v) is 3.96. The Bertz CT molecular complexity index is 425. The van der Waals surface area contributed by atoms with Gasteiger partial charge in [-0.2, -0.15) is 13.2 Å². The molecular formula is C11H13BF4O4. The third-order valence-electron chi connectivity index (χ3n) is 2.16. The van der Waals surface area contributed by atoms with Crippen LogP contribution in [-0.4, -0.2) is 43.2 Å². The van der Waals surface area contributed by atoms with Crippen molar-refractivity contribution in [3.8, 4) is 5.75 Å². The van der Waals surface area contributed by atoms with E-state index in [1.54, 1.807) is 0 Å². The monoisotopic (exact) mass is 296 g/mol. The van der Waals surface area contributed by atoms with Crippen LogP contribution in [0.3, 0.4) is 0 Å². The smallest absolute Gasteiger partial charge is 0.488 e. The summed E-state index contributed by atoms with van der Waals surface area (Å²) in [6.07, 6.45) is -4.18. The Hall–Kier alpha value is -1.32. The fraction of sp³-hybridized carbons (Fsp3) is 0.455. The first-order valence-corrected chi connectivity index (χ1v) is 5.72. The largest absolute Gasteiger partial charge is 0.493 e. The van der Waals surface area contributed by atoms with Crippen LogP contribution in [0.25, 0.3) is 0 Å². The Labute approximate surface area is 113 Å². The maximum Gasteiger partial charge on any atom is 0.488 e. The van der Waals surface area contributed by atoms with E-state index in [1.807, 2.05) is 0 Å². The normalized spacial score (nSPS) is 11.5. The first-order chi connectivity index (χ1) is 9.28. The Morgan fingerprint density at radius 3 is 2.40 bits per heavy atom. The molecule has 0 spiro atoms. The average molecular weight is 296 g/mol. The summed E-state index contributed by atoms with van der Waals surface area (Å²) in [5.41, 5.74) is -0.0756. The number of hydrogen-bond donors (Lipinski definition) is 2. The van der Waals surface area contributed by atoms with Gasteiger partial charge in [0.05, 0.1) is 13.2 Å². The predicted molar refractivity (Wildman–Crippen MR) is 63.2 cm³/mol. The van der Waals surface area contributed by atoms with Crippen molar-refractivity contribution >= 4 is 12.6 Å². The zero-order valence-electron chi connectivity index (χ0n) is 10.4. The van der Waals surface area contributed by atoms with Gasteiger partial charge in [0.1, 0.15) is 18.2 Å². The molecule has 0 aliphatic heterocycles. The van der Waals surface area contributed by atoms with Crippen LogP contribution in [0.4, 0.5) is 17.6 Å². The highest BCUT2D eigenvalue weighted by Gasteiger charge is 2.27. The van der Waals surface area contributed by atoms with E-state index >= 15 is 0 Å². The van der Waals surface area contributed by atoms with Crippen LogP contribution in [0.5, 0.6) is 5.75 Å². The van der Waals surface area contributed by atoms with E-state index in [1.165, 1.54) is 6.07 Å². The number of alkyl halides is 3. The Morgan fingerprint density at radius 2 is 1.80 bits per heavy atom. The minimum Gasteiger partial charge on any atom is -0.493 e. The second-order valence-electron chi connectivity index (χ2n) is 3.96. The molecule has 0 heterocycles. The van der Waals surface area contributed by atoms with E-state index in [-0.39, 0.29) is 30.8 Å². The average Bonchev–Trinajstić information content (AvgIpc) is 2.31. The zero-order chi connectivity index (χ0) is 15.2. The molecule has 0 saturated carbocycles. The molecule has 0 aromatic heterocycles. The molecule has 9 heteroatoms. The van der Waals surface area contributed by atoms with Crippen molar-refractivity contribution in [2.24, 2.45) is 0 Å². The molecule has 1 aromatic carbocycles. The summed E-state index contributed by atoms with van der Waals surface area (Å²) >= 11 is 0. The van der Waals surface area contributed by atoms with Crippen LogP contribution in [0.1, 0.15) is 6.42 Å². The Morgan fingerprint density at radius 1 is 1.10 bits per heavy atom. The van der Waals surface area contributed by atoms with Crippen molar-refractivity contribution in [1.82, 2.24) is 0 Å². The predicted octanol–water partition coefficient (Wildman–Crippen LogP) is 0.853. The van der Waals surface area contributed by atoms with Crippen molar-refractivity contribution < 1.29 is 37.1 Å². The molecule has 2 N–H and O–H groups in total. The molecule has 0 atom stereocenters. The van der Waals surface area contributed by atoms with Gasteiger partial charge in [-0.3, -0.25) is 0 Å². The lowest BCUT2D eigenvalue weighted by Crippen LogP contribution is -2.30. The minimum absolute atomic E-state index is 0.0161. The van der Waals surface area contributed by atoms with E-state index in [4.69, 9.17) is 14.8 Å². The standard InChI is InChI=1S/C11H13BF4O4/c13-9-4-8(12(17)18)5-10(6-9)20-3-1-2-19-7-11(14,15)16/h4-6,17-18H,1-3,7H2. The van der Waals surface area contributed by atoms with Crippen molar-refractivity contribution in [2.45, 2.75) is 12.6 Å². The van der Waals surface area contributed by atoms with E-state index in [2.05, 4.69) is 4.74 Å². The van der Waals surface area contributed by atoms with Gasteiger partial charge >= 0.3 is 13.3 Å². The molecule has 4 nitrogen and oxygen atoms in total. The summed E-state index contributed by atoms with van der Waals surface area (Å²) in [7, 11) is -1.83. The van der Waals surface area contributed by atoms with Crippen LogP contribution in [0, 0.1) is 5.82 Å². The number of rotatable bonds is 7. The maximum absolute atomic E-state index is 13.1. The fourth-order valence-corrected chi connectivity index (χ4v) is 1.36. The van der Waals surface area contributed by atoms with Crippen LogP contribution in [0.15, 0.2) is 18.2 Å². The summed E-state index contributed by atoms with van der Waals surface area (Å²) in [6, 6.07) is 3.19. The highest BCUT2D eigenvalue weighted by Crippen LogP contribution is 2.15. The zero-order valence-corrected chi connectivity index (χ0v) is 10.4. The van der Waals surface area contributed by atoms with Gasteiger partial charge in [0.25, 0.3) is 0 Å². The molecule has 0 saturated heterocycles. The number of halogens is 4. The van der Waals surface area contributed by atoms with Gasteiger partial charge in [-0.05, 0) is 17.6 Å². The number of ether oxygens (including phenoxy) is 2. The molecule has 0 unspecified atom stereocenters. The highest BCUT2D eigenvalue weighted by molar-refractivity contribution is 6.58. The molecule has 0 fully saturated rings. The molecule has 0 radical (unpaired) electrons. The van der Waals surface area contributed by atoms with E-state index in [9.17, 15) is 17.6 Å². The van der Waals surface area contributed by atoms with E-state index in [0.29, 0.717) is 0 Å². The lowest BCUT2D eigenvalue weighted by Gasteiger charge is -2.10. The quantitative estimate of drug-likeness (QED) is 0.445. The summed E-state index contributed by atoms with van der Waals surface area (Å²) < 4.78 is 57.8. The molecule has 20 heavy (non-hydrogen) atoms. The van der Waals surface area contributed by atoms with Crippen LogP contribution in [0.2, 0.25) is 0 Å². The Balaban J connectivity index is 2.32. The van der Waals surface area contributed by atoms with Crippen LogP contribution < -0.4 is 10.2 Å². The van der Waals surface area contributed by atoms with Gasteiger partial charge in [0, 0.05) is 12.5 Å². The van der Waals surface area contributed by atoms with Crippen LogP contribution >= 0.6 is 0 Å². The molecule has 1 rings (SSSR count). The van der Waals surface area contributed by atoms with Crippen LogP contribution in [-0.2, 0) is 4.74 Å². The van der Waals surface area contributed by atoms with E-state index in [0.717, 1.165) is 12.1 Å². The van der Waals surface area contributed by atoms with Crippen molar-refractivity contribution in [3.05, 3.63) is 24.0 Å². The summed E-state index contributed by atoms with van der Waals surface area (Å²) in [5.74, 6) is -0.650. The number of hydrogen-bond acceptors (Lipinski definition) is 4. The topological polar surface area (TPSA) is 58.9 Å². The Kier molecular flexibility index (Phi) is 6.25.